The number of nitrogens with one attached hydrogen (secondary N) is 1. The second-order valence-electron chi connectivity index (χ2n) is 6.80. The van der Waals surface area contributed by atoms with Crippen molar-refractivity contribution in [3.63, 3.8) is 0 Å². The third-order valence-electron chi connectivity index (χ3n) is 4.60. The molecule has 0 aliphatic carbocycles. The van der Waals surface area contributed by atoms with Crippen LogP contribution >= 0.6 is 0 Å². The average molecular weight is 340 g/mol. The monoisotopic (exact) mass is 339 g/mol. The Labute approximate surface area is 140 Å². The summed E-state index contributed by atoms with van der Waals surface area (Å²) in [4.78, 5) is 4.80. The quantitative estimate of drug-likeness (QED) is 0.818. The Bertz CT molecular complexity index is 579. The van der Waals surface area contributed by atoms with Gasteiger partial charge in [-0.05, 0) is 26.0 Å². The van der Waals surface area contributed by atoms with Crippen molar-refractivity contribution in [3.8, 4) is 0 Å². The molecular weight excluding hydrogens is 310 g/mol. The Morgan fingerprint density at radius 1 is 1.09 bits per heavy atom. The average Bonchev–Trinajstić information content (AvgIpc) is 2.54. The van der Waals surface area contributed by atoms with Crippen LogP contribution in [0.2, 0.25) is 0 Å². The van der Waals surface area contributed by atoms with E-state index in [-0.39, 0.29) is 11.3 Å². The van der Waals surface area contributed by atoms with Gasteiger partial charge in [0.1, 0.15) is 0 Å². The van der Waals surface area contributed by atoms with E-state index in [4.69, 9.17) is 0 Å². The van der Waals surface area contributed by atoms with Crippen molar-refractivity contribution in [2.45, 2.75) is 32.1 Å². The van der Waals surface area contributed by atoms with Crippen molar-refractivity contribution in [1.82, 2.24) is 14.5 Å². The molecule has 0 bridgehead atoms. The molecule has 6 heteroatoms. The Morgan fingerprint density at radius 2 is 1.70 bits per heavy atom. The van der Waals surface area contributed by atoms with E-state index < -0.39 is 10.0 Å². The SMILES string of the molecule is CCN1CCN(C(C)(C)CNS(=O)(=O)Cc2ccccc2)CC1. The number of benzene rings is 1. The number of piperazine rings is 1. The van der Waals surface area contributed by atoms with Gasteiger partial charge in [0.15, 0.2) is 0 Å². The molecule has 0 spiro atoms. The van der Waals surface area contributed by atoms with Crippen LogP contribution in [0.4, 0.5) is 0 Å². The second kappa shape index (κ2) is 7.75. The number of sulfonamides is 1. The summed E-state index contributed by atoms with van der Waals surface area (Å²) in [7, 11) is -3.31. The topological polar surface area (TPSA) is 52.6 Å². The van der Waals surface area contributed by atoms with E-state index in [0.29, 0.717) is 6.54 Å². The first-order chi connectivity index (χ1) is 10.8. The van der Waals surface area contributed by atoms with E-state index in [1.54, 1.807) is 0 Å². The first-order valence-corrected chi connectivity index (χ1v) is 9.96. The molecule has 0 amide bonds. The van der Waals surface area contributed by atoms with Gasteiger partial charge in [-0.2, -0.15) is 0 Å². The zero-order valence-corrected chi connectivity index (χ0v) is 15.3. The highest BCUT2D eigenvalue weighted by atomic mass is 32.2. The van der Waals surface area contributed by atoms with Crippen molar-refractivity contribution in [2.75, 3.05) is 39.3 Å². The highest BCUT2D eigenvalue weighted by Crippen LogP contribution is 2.17. The van der Waals surface area contributed by atoms with Crippen molar-refractivity contribution in [2.24, 2.45) is 0 Å². The van der Waals surface area contributed by atoms with Gasteiger partial charge in [-0.25, -0.2) is 13.1 Å². The Hall–Kier alpha value is -0.950. The van der Waals surface area contributed by atoms with Gasteiger partial charge in [-0.1, -0.05) is 37.3 Å². The number of rotatable bonds is 7. The summed E-state index contributed by atoms with van der Waals surface area (Å²) in [5, 5.41) is 0. The molecule has 1 N–H and O–H groups in total. The maximum Gasteiger partial charge on any atom is 0.215 e. The molecule has 0 unspecified atom stereocenters. The summed E-state index contributed by atoms with van der Waals surface area (Å²) < 4.78 is 27.4. The van der Waals surface area contributed by atoms with Gasteiger partial charge in [0.2, 0.25) is 10.0 Å². The molecule has 1 aliphatic rings. The molecule has 0 aromatic heterocycles. The van der Waals surface area contributed by atoms with Gasteiger partial charge in [0, 0.05) is 38.3 Å². The molecule has 0 saturated carbocycles. The number of likely N-dealkylation sites (N-methyl/N-ethyl adjacent to an activating group) is 1. The highest BCUT2D eigenvalue weighted by molar-refractivity contribution is 7.88. The first kappa shape index (κ1) is 18.4. The summed E-state index contributed by atoms with van der Waals surface area (Å²) in [5.74, 6) is 0.0353. The molecular formula is C17H29N3O2S. The van der Waals surface area contributed by atoms with Crippen LogP contribution in [0.1, 0.15) is 26.3 Å². The number of nitrogens with zero attached hydrogens (tertiary/aromatic N) is 2. The Balaban J connectivity index is 1.88. The predicted octanol–water partition coefficient (Wildman–Crippen LogP) is 1.52. The van der Waals surface area contributed by atoms with Crippen LogP contribution in [0.5, 0.6) is 0 Å². The van der Waals surface area contributed by atoms with Crippen LogP contribution < -0.4 is 4.72 Å². The van der Waals surface area contributed by atoms with Crippen LogP contribution in [0.15, 0.2) is 30.3 Å². The van der Waals surface area contributed by atoms with Crippen molar-refractivity contribution >= 4 is 10.0 Å². The molecule has 130 valence electrons. The minimum Gasteiger partial charge on any atom is -0.301 e. The third kappa shape index (κ3) is 5.57. The van der Waals surface area contributed by atoms with E-state index in [0.717, 1.165) is 38.3 Å². The molecule has 5 nitrogen and oxygen atoms in total. The van der Waals surface area contributed by atoms with Gasteiger partial charge >= 0.3 is 0 Å². The molecule has 1 aromatic carbocycles. The van der Waals surface area contributed by atoms with Gasteiger partial charge in [0.25, 0.3) is 0 Å². The Morgan fingerprint density at radius 3 is 2.26 bits per heavy atom. The largest absolute Gasteiger partial charge is 0.301 e. The molecule has 1 heterocycles. The van der Waals surface area contributed by atoms with E-state index in [2.05, 4.69) is 35.3 Å². The molecule has 1 aromatic rings. The van der Waals surface area contributed by atoms with E-state index in [1.807, 2.05) is 30.3 Å². The third-order valence-corrected chi connectivity index (χ3v) is 5.90. The summed E-state index contributed by atoms with van der Waals surface area (Å²) in [6.07, 6.45) is 0. The number of hydrogen-bond acceptors (Lipinski definition) is 4. The lowest BCUT2D eigenvalue weighted by Crippen LogP contribution is -2.58. The van der Waals surface area contributed by atoms with Gasteiger partial charge in [0.05, 0.1) is 5.75 Å². The minimum absolute atomic E-state index is 0.0353. The first-order valence-electron chi connectivity index (χ1n) is 8.31. The Kier molecular flexibility index (Phi) is 6.19. The highest BCUT2D eigenvalue weighted by Gasteiger charge is 2.30. The lowest BCUT2D eigenvalue weighted by Gasteiger charge is -2.44. The molecule has 1 fully saturated rings. The van der Waals surface area contributed by atoms with Crippen LogP contribution in [-0.4, -0.2) is 63.0 Å². The standard InChI is InChI=1S/C17H29N3O2S/c1-4-19-10-12-20(13-11-19)17(2,3)15-18-23(21,22)14-16-8-6-5-7-9-16/h5-9,18H,4,10-15H2,1-3H3. The predicted molar refractivity (Wildman–Crippen MR) is 94.8 cm³/mol. The zero-order valence-electron chi connectivity index (χ0n) is 14.5. The summed E-state index contributed by atoms with van der Waals surface area (Å²) in [6, 6.07) is 9.30. The zero-order chi connectivity index (χ0) is 16.9. The van der Waals surface area contributed by atoms with Crippen LogP contribution in [0.3, 0.4) is 0 Å². The van der Waals surface area contributed by atoms with Crippen LogP contribution in [0.25, 0.3) is 0 Å². The molecule has 0 radical (unpaired) electrons. The fraction of sp³-hybridized carbons (Fsp3) is 0.647. The van der Waals surface area contributed by atoms with Crippen molar-refractivity contribution in [1.29, 1.82) is 0 Å². The molecule has 0 atom stereocenters. The van der Waals surface area contributed by atoms with Gasteiger partial charge in [-0.3, -0.25) is 4.90 Å². The molecule has 1 aliphatic heterocycles. The maximum absolute atomic E-state index is 12.3. The van der Waals surface area contributed by atoms with Gasteiger partial charge in [-0.15, -0.1) is 0 Å². The normalized spacial score (nSPS) is 18.2. The second-order valence-corrected chi connectivity index (χ2v) is 8.61. The summed E-state index contributed by atoms with van der Waals surface area (Å²) >= 11 is 0. The van der Waals surface area contributed by atoms with E-state index >= 15 is 0 Å². The number of hydrogen-bond donors (Lipinski definition) is 1. The minimum atomic E-state index is -3.31. The fourth-order valence-electron chi connectivity index (χ4n) is 2.91. The molecule has 1 saturated heterocycles. The molecule has 23 heavy (non-hydrogen) atoms. The molecule has 2 rings (SSSR count). The van der Waals surface area contributed by atoms with Crippen molar-refractivity contribution in [3.05, 3.63) is 35.9 Å². The maximum atomic E-state index is 12.3. The van der Waals surface area contributed by atoms with Crippen LogP contribution in [-0.2, 0) is 15.8 Å². The summed E-state index contributed by atoms with van der Waals surface area (Å²) in [5.41, 5.74) is 0.637. The van der Waals surface area contributed by atoms with E-state index in [9.17, 15) is 8.42 Å². The fourth-order valence-corrected chi connectivity index (χ4v) is 4.22. The summed E-state index contributed by atoms with van der Waals surface area (Å²) in [6.45, 7) is 12.0. The van der Waals surface area contributed by atoms with Gasteiger partial charge < -0.3 is 4.90 Å². The lowest BCUT2D eigenvalue weighted by molar-refractivity contribution is 0.0571. The lowest BCUT2D eigenvalue weighted by atomic mass is 10.0. The smallest absolute Gasteiger partial charge is 0.215 e. The van der Waals surface area contributed by atoms with Crippen molar-refractivity contribution < 1.29 is 8.42 Å². The van der Waals surface area contributed by atoms with Crippen LogP contribution in [0, 0.1) is 0 Å². The van der Waals surface area contributed by atoms with E-state index in [1.165, 1.54) is 0 Å².